The predicted octanol–water partition coefficient (Wildman–Crippen LogP) is 3.63. The van der Waals surface area contributed by atoms with Crippen molar-refractivity contribution < 1.29 is 17.9 Å². The molecule has 0 spiro atoms. The van der Waals surface area contributed by atoms with Crippen LogP contribution < -0.4 is 9.47 Å². The average molecular weight is 467 g/mol. The highest BCUT2D eigenvalue weighted by Crippen LogP contribution is 2.35. The molecule has 0 aliphatic carbocycles. The SMILES string of the molecule is COc1ccc(CN2C(SCc3ccccc3Cl)=N[C@@H]3CS(=O)(=O)C[C@@H]32)cc1OC. The zero-order valence-electron chi connectivity index (χ0n) is 16.7. The van der Waals surface area contributed by atoms with Crippen molar-refractivity contribution in [1.29, 1.82) is 0 Å². The Hall–Kier alpha value is -1.90. The normalized spacial score (nSPS) is 22.0. The summed E-state index contributed by atoms with van der Waals surface area (Å²) in [6.07, 6.45) is 0. The molecule has 0 aromatic heterocycles. The number of thioether (sulfide) groups is 1. The first kappa shape index (κ1) is 21.3. The molecule has 2 atom stereocenters. The van der Waals surface area contributed by atoms with E-state index in [4.69, 9.17) is 26.1 Å². The molecule has 0 bridgehead atoms. The number of halogens is 1. The summed E-state index contributed by atoms with van der Waals surface area (Å²) in [7, 11) is 0.125. The lowest BCUT2D eigenvalue weighted by Crippen LogP contribution is -2.38. The zero-order valence-corrected chi connectivity index (χ0v) is 19.1. The summed E-state index contributed by atoms with van der Waals surface area (Å²) in [6, 6.07) is 13.1. The zero-order chi connectivity index (χ0) is 21.3. The Balaban J connectivity index is 1.57. The summed E-state index contributed by atoms with van der Waals surface area (Å²) >= 11 is 7.89. The smallest absolute Gasteiger partial charge is 0.161 e. The van der Waals surface area contributed by atoms with Gasteiger partial charge in [0.15, 0.2) is 26.5 Å². The van der Waals surface area contributed by atoms with Gasteiger partial charge in [0, 0.05) is 17.3 Å². The molecule has 0 saturated carbocycles. The topological polar surface area (TPSA) is 68.2 Å². The number of ether oxygens (including phenoxy) is 2. The number of fused-ring (bicyclic) bond motifs is 1. The molecule has 1 fully saturated rings. The van der Waals surface area contributed by atoms with Gasteiger partial charge in [-0.05, 0) is 29.3 Å². The predicted molar refractivity (Wildman–Crippen MR) is 122 cm³/mol. The van der Waals surface area contributed by atoms with Crippen LogP contribution in [0.15, 0.2) is 47.5 Å². The van der Waals surface area contributed by atoms with Crippen molar-refractivity contribution in [3.05, 3.63) is 58.6 Å². The van der Waals surface area contributed by atoms with Crippen molar-refractivity contribution in [2.24, 2.45) is 4.99 Å². The second kappa shape index (κ2) is 8.69. The Bertz CT molecular complexity index is 1070. The molecule has 2 aliphatic heterocycles. The van der Waals surface area contributed by atoms with Crippen molar-refractivity contribution >= 4 is 38.4 Å². The number of hydrogen-bond acceptors (Lipinski definition) is 7. The number of sulfone groups is 1. The van der Waals surface area contributed by atoms with Crippen molar-refractivity contribution in [3.8, 4) is 11.5 Å². The highest BCUT2D eigenvalue weighted by Gasteiger charge is 2.46. The van der Waals surface area contributed by atoms with Crippen LogP contribution in [0.5, 0.6) is 11.5 Å². The molecule has 6 nitrogen and oxygen atoms in total. The third-order valence-corrected chi connectivity index (χ3v) is 8.45. The molecule has 2 aromatic carbocycles. The Morgan fingerprint density at radius 2 is 1.90 bits per heavy atom. The van der Waals surface area contributed by atoms with Crippen LogP contribution in [0.25, 0.3) is 0 Å². The van der Waals surface area contributed by atoms with Gasteiger partial charge in [-0.25, -0.2) is 8.42 Å². The van der Waals surface area contributed by atoms with E-state index in [1.54, 1.807) is 26.0 Å². The fourth-order valence-corrected chi connectivity index (χ4v) is 7.10. The number of amidine groups is 1. The minimum absolute atomic E-state index is 0.107. The highest BCUT2D eigenvalue weighted by molar-refractivity contribution is 8.13. The first-order valence-electron chi connectivity index (χ1n) is 9.52. The van der Waals surface area contributed by atoms with E-state index in [2.05, 4.69) is 4.90 Å². The molecule has 9 heteroatoms. The minimum atomic E-state index is -3.08. The van der Waals surface area contributed by atoms with E-state index in [0.29, 0.717) is 23.8 Å². The molecular weight excluding hydrogens is 444 g/mol. The number of aliphatic imine (C=N–C) groups is 1. The van der Waals surface area contributed by atoms with E-state index in [9.17, 15) is 8.42 Å². The van der Waals surface area contributed by atoms with Gasteiger partial charge in [0.1, 0.15) is 0 Å². The largest absolute Gasteiger partial charge is 0.493 e. The van der Waals surface area contributed by atoms with Gasteiger partial charge in [-0.2, -0.15) is 0 Å². The van der Waals surface area contributed by atoms with Gasteiger partial charge in [-0.1, -0.05) is 47.6 Å². The van der Waals surface area contributed by atoms with Crippen molar-refractivity contribution in [2.75, 3.05) is 25.7 Å². The molecular formula is C21H23ClN2O4S2. The maximum absolute atomic E-state index is 12.2. The van der Waals surface area contributed by atoms with Crippen LogP contribution in [-0.4, -0.2) is 56.3 Å². The van der Waals surface area contributed by atoms with Gasteiger partial charge in [0.25, 0.3) is 0 Å². The lowest BCUT2D eigenvalue weighted by Gasteiger charge is -2.27. The standard InChI is InChI=1S/C21H23ClN2O4S2/c1-27-19-8-7-14(9-20(19)28-2)10-24-18-13-30(25,26)12-17(18)23-21(24)29-11-15-5-3-4-6-16(15)22/h3-9,17-18H,10-13H2,1-2H3/t17-,18+/m1/s1. The summed E-state index contributed by atoms with van der Waals surface area (Å²) in [4.78, 5) is 6.88. The molecule has 2 aromatic rings. The second-order valence-electron chi connectivity index (χ2n) is 7.32. The molecule has 0 amide bonds. The first-order valence-corrected chi connectivity index (χ1v) is 12.7. The second-order valence-corrected chi connectivity index (χ2v) is 10.8. The van der Waals surface area contributed by atoms with Crippen LogP contribution in [0.1, 0.15) is 11.1 Å². The van der Waals surface area contributed by atoms with Crippen molar-refractivity contribution in [3.63, 3.8) is 0 Å². The van der Waals surface area contributed by atoms with E-state index >= 15 is 0 Å². The van der Waals surface area contributed by atoms with Crippen LogP contribution >= 0.6 is 23.4 Å². The molecule has 0 radical (unpaired) electrons. The highest BCUT2D eigenvalue weighted by atomic mass is 35.5. The van der Waals surface area contributed by atoms with Gasteiger partial charge >= 0.3 is 0 Å². The van der Waals surface area contributed by atoms with Crippen LogP contribution in [0.4, 0.5) is 0 Å². The van der Waals surface area contributed by atoms with E-state index in [1.807, 2.05) is 42.5 Å². The summed E-state index contributed by atoms with van der Waals surface area (Å²) in [6.45, 7) is 0.547. The van der Waals surface area contributed by atoms with E-state index < -0.39 is 9.84 Å². The summed E-state index contributed by atoms with van der Waals surface area (Å²) in [5.74, 6) is 2.21. The Labute approximate surface area is 186 Å². The average Bonchev–Trinajstić information content (AvgIpc) is 3.19. The molecule has 2 aliphatic rings. The summed E-state index contributed by atoms with van der Waals surface area (Å²) < 4.78 is 35.1. The number of hydrogen-bond donors (Lipinski definition) is 0. The first-order chi connectivity index (χ1) is 14.4. The monoisotopic (exact) mass is 466 g/mol. The molecule has 0 unspecified atom stereocenters. The van der Waals surface area contributed by atoms with Crippen molar-refractivity contribution in [2.45, 2.75) is 24.4 Å². The maximum Gasteiger partial charge on any atom is 0.161 e. The van der Waals surface area contributed by atoms with Crippen molar-refractivity contribution in [1.82, 2.24) is 4.90 Å². The minimum Gasteiger partial charge on any atom is -0.493 e. The number of rotatable bonds is 6. The molecule has 4 rings (SSSR count). The van der Waals surface area contributed by atoms with Gasteiger partial charge in [-0.3, -0.25) is 4.99 Å². The quantitative estimate of drug-likeness (QED) is 0.647. The maximum atomic E-state index is 12.2. The van der Waals surface area contributed by atoms with E-state index in [1.165, 1.54) is 0 Å². The van der Waals surface area contributed by atoms with E-state index in [-0.39, 0.29) is 23.6 Å². The van der Waals surface area contributed by atoms with Crippen LogP contribution in [0.3, 0.4) is 0 Å². The van der Waals surface area contributed by atoms with Gasteiger partial charge in [-0.15, -0.1) is 0 Å². The molecule has 0 N–H and O–H groups in total. The molecule has 30 heavy (non-hydrogen) atoms. The fraction of sp³-hybridized carbons (Fsp3) is 0.381. The summed E-state index contributed by atoms with van der Waals surface area (Å²) in [5.41, 5.74) is 2.03. The van der Waals surface area contributed by atoms with Gasteiger partial charge < -0.3 is 14.4 Å². The van der Waals surface area contributed by atoms with E-state index in [0.717, 1.165) is 21.3 Å². The lowest BCUT2D eigenvalue weighted by molar-refractivity contribution is 0.337. The Morgan fingerprint density at radius 1 is 1.13 bits per heavy atom. The number of nitrogens with zero attached hydrogens (tertiary/aromatic N) is 2. The van der Waals surface area contributed by atoms with Gasteiger partial charge in [0.2, 0.25) is 0 Å². The third kappa shape index (κ3) is 4.40. The molecule has 1 saturated heterocycles. The summed E-state index contributed by atoms with van der Waals surface area (Å²) in [5, 5.41) is 1.58. The van der Waals surface area contributed by atoms with Crippen LogP contribution in [0, 0.1) is 0 Å². The number of methoxy groups -OCH3 is 2. The lowest BCUT2D eigenvalue weighted by atomic mass is 10.1. The van der Waals surface area contributed by atoms with Crippen LogP contribution in [-0.2, 0) is 22.1 Å². The number of benzene rings is 2. The molecule has 2 heterocycles. The van der Waals surface area contributed by atoms with Crippen LogP contribution in [0.2, 0.25) is 5.02 Å². The third-order valence-electron chi connectivity index (χ3n) is 5.33. The van der Waals surface area contributed by atoms with Gasteiger partial charge in [0.05, 0.1) is 37.8 Å². The Kier molecular flexibility index (Phi) is 6.18. The fourth-order valence-electron chi connectivity index (χ4n) is 3.83. The molecule has 160 valence electrons. The Morgan fingerprint density at radius 3 is 2.63 bits per heavy atom.